The molecule has 1 aliphatic heterocycles. The fourth-order valence-corrected chi connectivity index (χ4v) is 5.03. The average molecular weight is 425 g/mol. The highest BCUT2D eigenvalue weighted by Crippen LogP contribution is 2.17. The van der Waals surface area contributed by atoms with Crippen LogP contribution in [-0.2, 0) is 15.8 Å². The van der Waals surface area contributed by atoms with Crippen LogP contribution in [-0.4, -0.2) is 48.7 Å². The third-order valence-corrected chi connectivity index (χ3v) is 7.06. The second-order valence-corrected chi connectivity index (χ2v) is 9.37. The summed E-state index contributed by atoms with van der Waals surface area (Å²) in [5, 5.41) is 4.51. The van der Waals surface area contributed by atoms with E-state index in [0.717, 1.165) is 11.1 Å². The smallest absolute Gasteiger partial charge is 0.271 e. The van der Waals surface area contributed by atoms with Gasteiger partial charge in [0.1, 0.15) is 5.82 Å². The van der Waals surface area contributed by atoms with Crippen LogP contribution in [0.25, 0.3) is 5.69 Å². The number of anilines is 1. The van der Waals surface area contributed by atoms with E-state index in [2.05, 4.69) is 5.10 Å². The van der Waals surface area contributed by atoms with Crippen molar-refractivity contribution in [1.82, 2.24) is 14.1 Å². The van der Waals surface area contributed by atoms with E-state index in [1.165, 1.54) is 15.1 Å². The van der Waals surface area contributed by atoms with Gasteiger partial charge in [0.05, 0.1) is 11.4 Å². The molecule has 8 heteroatoms. The predicted octanol–water partition coefficient (Wildman–Crippen LogP) is 2.19. The summed E-state index contributed by atoms with van der Waals surface area (Å²) >= 11 is 0. The molecule has 1 aliphatic rings. The fraction of sp³-hybridized carbons (Fsp3) is 0.273. The number of aromatic nitrogens is 2. The summed E-state index contributed by atoms with van der Waals surface area (Å²) in [6.45, 7) is 3.81. The van der Waals surface area contributed by atoms with E-state index in [4.69, 9.17) is 0 Å². The van der Waals surface area contributed by atoms with Gasteiger partial charge < -0.3 is 4.90 Å². The maximum atomic E-state index is 12.8. The molecule has 2 heterocycles. The van der Waals surface area contributed by atoms with Crippen LogP contribution in [0.2, 0.25) is 0 Å². The maximum Gasteiger partial charge on any atom is 0.271 e. The molecule has 0 amide bonds. The van der Waals surface area contributed by atoms with E-state index in [1.54, 1.807) is 6.07 Å². The molecule has 2 aromatic carbocycles. The van der Waals surface area contributed by atoms with Crippen molar-refractivity contribution >= 4 is 15.8 Å². The van der Waals surface area contributed by atoms with Crippen LogP contribution >= 0.6 is 0 Å². The molecule has 1 fully saturated rings. The topological polar surface area (TPSA) is 75.5 Å². The number of sulfonamides is 1. The Labute approximate surface area is 176 Å². The van der Waals surface area contributed by atoms with Crippen LogP contribution in [0.1, 0.15) is 11.1 Å². The van der Waals surface area contributed by atoms with Crippen LogP contribution in [0.4, 0.5) is 5.82 Å². The molecule has 30 heavy (non-hydrogen) atoms. The van der Waals surface area contributed by atoms with Gasteiger partial charge in [0.15, 0.2) is 0 Å². The molecule has 0 radical (unpaired) electrons. The number of hydrogen-bond acceptors (Lipinski definition) is 5. The van der Waals surface area contributed by atoms with E-state index < -0.39 is 10.0 Å². The SMILES string of the molecule is Cc1ccc(-n2nc(N3CCN(S(=O)(=O)Cc4ccccc4)CC3)ccc2=O)cc1. The molecule has 0 saturated carbocycles. The Morgan fingerprint density at radius 1 is 0.867 bits per heavy atom. The standard InChI is InChI=1S/C22H24N4O3S/c1-18-7-9-20(10-8-18)26-22(27)12-11-21(23-26)24-13-15-25(16-14-24)30(28,29)17-19-5-3-2-4-6-19/h2-12H,13-17H2,1H3. The van der Waals surface area contributed by atoms with E-state index in [-0.39, 0.29) is 11.3 Å². The minimum atomic E-state index is -3.37. The first-order chi connectivity index (χ1) is 14.4. The van der Waals surface area contributed by atoms with Crippen LogP contribution < -0.4 is 10.5 Å². The van der Waals surface area contributed by atoms with Crippen molar-refractivity contribution in [2.45, 2.75) is 12.7 Å². The quantitative estimate of drug-likeness (QED) is 0.628. The molecule has 1 aromatic heterocycles. The molecule has 7 nitrogen and oxygen atoms in total. The molecule has 4 rings (SSSR count). The fourth-order valence-electron chi connectivity index (χ4n) is 3.51. The van der Waals surface area contributed by atoms with Crippen LogP contribution in [0.15, 0.2) is 71.5 Å². The number of rotatable bonds is 5. The molecule has 3 aromatic rings. The minimum Gasteiger partial charge on any atom is -0.353 e. The van der Waals surface area contributed by atoms with Gasteiger partial charge in [0.25, 0.3) is 5.56 Å². The Balaban J connectivity index is 1.47. The van der Waals surface area contributed by atoms with Crippen molar-refractivity contribution in [3.8, 4) is 5.69 Å². The first-order valence-corrected chi connectivity index (χ1v) is 11.5. The van der Waals surface area contributed by atoms with Crippen LogP contribution in [0, 0.1) is 6.92 Å². The zero-order chi connectivity index (χ0) is 21.1. The highest BCUT2D eigenvalue weighted by molar-refractivity contribution is 7.88. The first-order valence-electron chi connectivity index (χ1n) is 9.86. The van der Waals surface area contributed by atoms with Gasteiger partial charge in [-0.15, -0.1) is 5.10 Å². The summed E-state index contributed by atoms with van der Waals surface area (Å²) < 4.78 is 28.4. The number of benzene rings is 2. The van der Waals surface area contributed by atoms with Gasteiger partial charge in [-0.25, -0.2) is 8.42 Å². The lowest BCUT2D eigenvalue weighted by molar-refractivity contribution is 0.382. The van der Waals surface area contributed by atoms with Crippen molar-refractivity contribution in [3.63, 3.8) is 0 Å². The van der Waals surface area contributed by atoms with E-state index in [9.17, 15) is 13.2 Å². The number of nitrogens with zero attached hydrogens (tertiary/aromatic N) is 4. The van der Waals surface area contributed by atoms with Gasteiger partial charge in [-0.3, -0.25) is 4.79 Å². The zero-order valence-electron chi connectivity index (χ0n) is 16.8. The normalized spacial score (nSPS) is 15.3. The van der Waals surface area contributed by atoms with Crippen molar-refractivity contribution in [2.24, 2.45) is 0 Å². The minimum absolute atomic E-state index is 0.00436. The van der Waals surface area contributed by atoms with Gasteiger partial charge >= 0.3 is 0 Å². The van der Waals surface area contributed by atoms with Gasteiger partial charge in [-0.05, 0) is 30.7 Å². The van der Waals surface area contributed by atoms with Crippen molar-refractivity contribution in [3.05, 3.63) is 88.2 Å². The van der Waals surface area contributed by atoms with Gasteiger partial charge in [-0.1, -0.05) is 48.0 Å². The lowest BCUT2D eigenvalue weighted by Crippen LogP contribution is -2.49. The zero-order valence-corrected chi connectivity index (χ0v) is 17.6. The van der Waals surface area contributed by atoms with E-state index in [0.29, 0.717) is 37.7 Å². The number of aryl methyl sites for hydroxylation is 1. The van der Waals surface area contributed by atoms with Crippen molar-refractivity contribution < 1.29 is 8.42 Å². The van der Waals surface area contributed by atoms with Crippen molar-refractivity contribution in [1.29, 1.82) is 0 Å². The highest BCUT2D eigenvalue weighted by atomic mass is 32.2. The average Bonchev–Trinajstić information content (AvgIpc) is 2.75. The Morgan fingerprint density at radius 3 is 2.20 bits per heavy atom. The molecule has 1 saturated heterocycles. The molecule has 0 bridgehead atoms. The molecular formula is C22H24N4O3S. The second kappa shape index (κ2) is 8.41. The molecule has 156 valence electrons. The van der Waals surface area contributed by atoms with Gasteiger partial charge in [-0.2, -0.15) is 8.99 Å². The third kappa shape index (κ3) is 4.44. The van der Waals surface area contributed by atoms with Crippen molar-refractivity contribution in [2.75, 3.05) is 31.1 Å². The summed E-state index contributed by atoms with van der Waals surface area (Å²) in [6, 6.07) is 20.0. The molecule has 0 N–H and O–H groups in total. The van der Waals surface area contributed by atoms with Gasteiger partial charge in [0.2, 0.25) is 10.0 Å². The molecular weight excluding hydrogens is 400 g/mol. The van der Waals surface area contributed by atoms with E-state index >= 15 is 0 Å². The highest BCUT2D eigenvalue weighted by Gasteiger charge is 2.27. The lowest BCUT2D eigenvalue weighted by atomic mass is 10.2. The Morgan fingerprint density at radius 2 is 1.53 bits per heavy atom. The van der Waals surface area contributed by atoms with Crippen LogP contribution in [0.3, 0.4) is 0 Å². The predicted molar refractivity (Wildman–Crippen MR) is 117 cm³/mol. The molecule has 0 atom stereocenters. The lowest BCUT2D eigenvalue weighted by Gasteiger charge is -2.34. The number of piperazine rings is 1. The third-order valence-electron chi connectivity index (χ3n) is 5.21. The maximum absolute atomic E-state index is 12.8. The van der Waals surface area contributed by atoms with Gasteiger partial charge in [0, 0.05) is 32.2 Å². The summed E-state index contributed by atoms with van der Waals surface area (Å²) in [5.41, 5.74) is 2.39. The summed E-state index contributed by atoms with van der Waals surface area (Å²) in [6.07, 6.45) is 0. The first kappa shape index (κ1) is 20.3. The molecule has 0 spiro atoms. The molecule has 0 unspecified atom stereocenters. The molecule has 0 aliphatic carbocycles. The largest absolute Gasteiger partial charge is 0.353 e. The van der Waals surface area contributed by atoms with E-state index in [1.807, 2.05) is 66.4 Å². The number of hydrogen-bond donors (Lipinski definition) is 0. The summed E-state index contributed by atoms with van der Waals surface area (Å²) in [5.74, 6) is 0.667. The summed E-state index contributed by atoms with van der Waals surface area (Å²) in [7, 11) is -3.37. The second-order valence-electron chi connectivity index (χ2n) is 7.41. The van der Waals surface area contributed by atoms with Crippen LogP contribution in [0.5, 0.6) is 0 Å². The monoisotopic (exact) mass is 424 g/mol. The summed E-state index contributed by atoms with van der Waals surface area (Å²) in [4.78, 5) is 14.3. The Kier molecular flexibility index (Phi) is 5.69. The Bertz CT molecular complexity index is 1170. The Hall–Kier alpha value is -2.97.